The summed E-state index contributed by atoms with van der Waals surface area (Å²) in [7, 11) is 1.62. The van der Waals surface area contributed by atoms with Gasteiger partial charge in [-0.2, -0.15) is 5.10 Å². The Bertz CT molecular complexity index is 855. The summed E-state index contributed by atoms with van der Waals surface area (Å²) in [6, 6.07) is 7.57. The van der Waals surface area contributed by atoms with Crippen LogP contribution in [0.3, 0.4) is 0 Å². The number of carbonyl (C=O) groups excluding carboxylic acids is 2. The number of amides is 2. The molecule has 2 amide bonds. The molecular formula is C21H28N4O3. The number of carbonyl (C=O) groups is 2. The zero-order chi connectivity index (χ0) is 20.3. The second-order valence-electron chi connectivity index (χ2n) is 7.28. The molecule has 0 radical (unpaired) electrons. The van der Waals surface area contributed by atoms with Crippen molar-refractivity contribution in [3.05, 3.63) is 46.8 Å². The van der Waals surface area contributed by atoms with Crippen molar-refractivity contribution in [1.29, 1.82) is 0 Å². The first-order valence-electron chi connectivity index (χ1n) is 9.73. The van der Waals surface area contributed by atoms with Crippen LogP contribution in [0.5, 0.6) is 5.75 Å². The van der Waals surface area contributed by atoms with Crippen LogP contribution in [0.25, 0.3) is 0 Å². The molecule has 0 bridgehead atoms. The van der Waals surface area contributed by atoms with Crippen LogP contribution >= 0.6 is 0 Å². The van der Waals surface area contributed by atoms with Crippen molar-refractivity contribution >= 4 is 11.8 Å². The number of aromatic nitrogens is 2. The maximum Gasteiger partial charge on any atom is 0.272 e. The van der Waals surface area contributed by atoms with Gasteiger partial charge in [-0.3, -0.25) is 14.3 Å². The minimum atomic E-state index is -0.210. The Kier molecular flexibility index (Phi) is 6.02. The van der Waals surface area contributed by atoms with Crippen molar-refractivity contribution in [2.24, 2.45) is 5.92 Å². The van der Waals surface area contributed by atoms with Crippen LogP contribution in [0.2, 0.25) is 0 Å². The predicted octanol–water partition coefficient (Wildman–Crippen LogP) is 2.38. The molecule has 0 saturated heterocycles. The zero-order valence-electron chi connectivity index (χ0n) is 17.0. The van der Waals surface area contributed by atoms with E-state index >= 15 is 0 Å². The highest BCUT2D eigenvalue weighted by molar-refractivity contribution is 5.94. The number of fused-ring (bicyclic) bond motifs is 1. The van der Waals surface area contributed by atoms with E-state index in [-0.39, 0.29) is 17.7 Å². The third kappa shape index (κ3) is 4.03. The minimum absolute atomic E-state index is 0.0601. The maximum atomic E-state index is 12.8. The van der Waals surface area contributed by atoms with Gasteiger partial charge in [-0.1, -0.05) is 26.0 Å². The van der Waals surface area contributed by atoms with E-state index < -0.39 is 0 Å². The van der Waals surface area contributed by atoms with Crippen LogP contribution in [0.1, 0.15) is 48.1 Å². The standard InChI is InChI=1S/C21H28N4O3/c1-5-25-18-10-11-24(21(27)14(2)3)13-17(18)19(23-25)20(26)22-12-15-6-8-16(28-4)9-7-15/h6-9,14H,5,10-13H2,1-4H3,(H,22,26). The number of ether oxygens (including phenoxy) is 1. The molecule has 1 N–H and O–H groups in total. The molecule has 0 fully saturated rings. The number of hydrogen-bond acceptors (Lipinski definition) is 4. The second kappa shape index (κ2) is 8.46. The monoisotopic (exact) mass is 384 g/mol. The molecule has 1 aliphatic heterocycles. The third-order valence-electron chi connectivity index (χ3n) is 5.07. The Balaban J connectivity index is 1.76. The lowest BCUT2D eigenvalue weighted by molar-refractivity contribution is -0.135. The molecule has 2 heterocycles. The molecule has 0 unspecified atom stereocenters. The van der Waals surface area contributed by atoms with Crippen LogP contribution < -0.4 is 10.1 Å². The molecule has 150 valence electrons. The average molecular weight is 384 g/mol. The van der Waals surface area contributed by atoms with Crippen molar-refractivity contribution in [1.82, 2.24) is 20.0 Å². The quantitative estimate of drug-likeness (QED) is 0.830. The lowest BCUT2D eigenvalue weighted by Crippen LogP contribution is -2.39. The van der Waals surface area contributed by atoms with Crippen LogP contribution in [0.4, 0.5) is 0 Å². The number of hydrogen-bond donors (Lipinski definition) is 1. The second-order valence-corrected chi connectivity index (χ2v) is 7.28. The highest BCUT2D eigenvalue weighted by atomic mass is 16.5. The van der Waals surface area contributed by atoms with Crippen molar-refractivity contribution in [2.45, 2.75) is 46.8 Å². The fraction of sp³-hybridized carbons (Fsp3) is 0.476. The topological polar surface area (TPSA) is 76.5 Å². The Morgan fingerprint density at radius 3 is 2.57 bits per heavy atom. The van der Waals surface area contributed by atoms with Crippen molar-refractivity contribution < 1.29 is 14.3 Å². The molecule has 7 nitrogen and oxygen atoms in total. The van der Waals surface area contributed by atoms with Crippen molar-refractivity contribution in [2.75, 3.05) is 13.7 Å². The summed E-state index contributed by atoms with van der Waals surface area (Å²) in [5.74, 6) is 0.619. The van der Waals surface area contributed by atoms with Gasteiger partial charge in [0.2, 0.25) is 5.91 Å². The largest absolute Gasteiger partial charge is 0.497 e. The molecule has 0 saturated carbocycles. The Morgan fingerprint density at radius 2 is 1.96 bits per heavy atom. The van der Waals surface area contributed by atoms with Crippen LogP contribution in [-0.4, -0.2) is 40.1 Å². The molecule has 1 aliphatic rings. The highest BCUT2D eigenvalue weighted by Gasteiger charge is 2.30. The summed E-state index contributed by atoms with van der Waals surface area (Å²) in [5, 5.41) is 7.48. The van der Waals surface area contributed by atoms with E-state index in [9.17, 15) is 9.59 Å². The first-order chi connectivity index (χ1) is 13.4. The van der Waals surface area contributed by atoms with E-state index in [2.05, 4.69) is 10.4 Å². The lowest BCUT2D eigenvalue weighted by atomic mass is 10.0. The van der Waals surface area contributed by atoms with E-state index in [0.717, 1.165) is 29.0 Å². The van der Waals surface area contributed by atoms with Crippen LogP contribution in [-0.2, 0) is 30.8 Å². The Labute approximate surface area is 165 Å². The normalized spacial score (nSPS) is 13.4. The summed E-state index contributed by atoms with van der Waals surface area (Å²) in [4.78, 5) is 27.1. The number of benzene rings is 1. The van der Waals surface area contributed by atoms with Crippen LogP contribution in [0, 0.1) is 5.92 Å². The number of aryl methyl sites for hydroxylation is 1. The summed E-state index contributed by atoms with van der Waals surface area (Å²) >= 11 is 0. The van der Waals surface area contributed by atoms with Crippen LogP contribution in [0.15, 0.2) is 24.3 Å². The molecule has 28 heavy (non-hydrogen) atoms. The maximum absolute atomic E-state index is 12.8. The van der Waals surface area contributed by atoms with Gasteiger partial charge in [0.05, 0.1) is 7.11 Å². The molecule has 1 aromatic carbocycles. The molecule has 0 spiro atoms. The SMILES string of the molecule is CCn1nc(C(=O)NCc2ccc(OC)cc2)c2c1CCN(C(=O)C(C)C)C2. The minimum Gasteiger partial charge on any atom is -0.497 e. The molecule has 7 heteroatoms. The van der Waals surface area contributed by atoms with Gasteiger partial charge in [0.25, 0.3) is 5.91 Å². The van der Waals surface area contributed by atoms with Gasteiger partial charge in [0, 0.05) is 49.8 Å². The third-order valence-corrected chi connectivity index (χ3v) is 5.07. The lowest BCUT2D eigenvalue weighted by Gasteiger charge is -2.29. The van der Waals surface area contributed by atoms with Gasteiger partial charge in [0.15, 0.2) is 5.69 Å². The first kappa shape index (κ1) is 19.9. The smallest absolute Gasteiger partial charge is 0.272 e. The first-order valence-corrected chi connectivity index (χ1v) is 9.73. The van der Waals surface area contributed by atoms with Gasteiger partial charge in [0.1, 0.15) is 5.75 Å². The van der Waals surface area contributed by atoms with E-state index in [1.165, 1.54) is 0 Å². The van der Waals surface area contributed by atoms with E-state index in [1.54, 1.807) is 7.11 Å². The molecule has 0 atom stereocenters. The van der Waals surface area contributed by atoms with E-state index in [1.807, 2.05) is 54.6 Å². The number of methoxy groups -OCH3 is 1. The summed E-state index contributed by atoms with van der Waals surface area (Å²) < 4.78 is 7.04. The Morgan fingerprint density at radius 1 is 1.25 bits per heavy atom. The zero-order valence-corrected chi connectivity index (χ0v) is 17.0. The molecular weight excluding hydrogens is 356 g/mol. The van der Waals surface area contributed by atoms with Gasteiger partial charge < -0.3 is 15.0 Å². The Hall–Kier alpha value is -2.83. The predicted molar refractivity (Wildman–Crippen MR) is 106 cm³/mol. The fourth-order valence-electron chi connectivity index (χ4n) is 3.50. The highest BCUT2D eigenvalue weighted by Crippen LogP contribution is 2.24. The fourth-order valence-corrected chi connectivity index (χ4v) is 3.50. The number of rotatable bonds is 6. The molecule has 1 aromatic heterocycles. The summed E-state index contributed by atoms with van der Waals surface area (Å²) in [5.41, 5.74) is 3.33. The summed E-state index contributed by atoms with van der Waals surface area (Å²) in [6.45, 7) is 8.03. The van der Waals surface area contributed by atoms with E-state index in [4.69, 9.17) is 4.74 Å². The molecule has 3 rings (SSSR count). The van der Waals surface area contributed by atoms with Gasteiger partial charge in [-0.15, -0.1) is 0 Å². The van der Waals surface area contributed by atoms with Gasteiger partial charge in [-0.05, 0) is 24.6 Å². The molecule has 2 aromatic rings. The van der Waals surface area contributed by atoms with Gasteiger partial charge >= 0.3 is 0 Å². The number of nitrogens with zero attached hydrogens (tertiary/aromatic N) is 3. The van der Waals surface area contributed by atoms with Crippen molar-refractivity contribution in [3.63, 3.8) is 0 Å². The average Bonchev–Trinajstić information content (AvgIpc) is 3.09. The summed E-state index contributed by atoms with van der Waals surface area (Å²) in [6.07, 6.45) is 0.723. The molecule has 0 aliphatic carbocycles. The van der Waals surface area contributed by atoms with E-state index in [0.29, 0.717) is 31.9 Å². The van der Waals surface area contributed by atoms with Crippen molar-refractivity contribution in [3.8, 4) is 5.75 Å². The van der Waals surface area contributed by atoms with Gasteiger partial charge in [-0.25, -0.2) is 0 Å². The number of nitrogens with one attached hydrogen (secondary N) is 1.